The van der Waals surface area contributed by atoms with Gasteiger partial charge in [0.15, 0.2) is 0 Å². The van der Waals surface area contributed by atoms with E-state index in [2.05, 4.69) is 15.7 Å². The first-order valence-corrected chi connectivity index (χ1v) is 7.30. The van der Waals surface area contributed by atoms with Crippen LogP contribution in [0.2, 0.25) is 5.02 Å². The first-order valence-electron chi connectivity index (χ1n) is 6.93. The minimum Gasteiger partial charge on any atom is -0.350 e. The minimum atomic E-state index is -0.516. The van der Waals surface area contributed by atoms with E-state index in [9.17, 15) is 9.59 Å². The molecule has 0 aliphatic carbocycles. The van der Waals surface area contributed by atoms with Crippen LogP contribution < -0.4 is 11.0 Å². The van der Waals surface area contributed by atoms with Crippen LogP contribution in [0.15, 0.2) is 29.1 Å². The molecule has 0 bridgehead atoms. The van der Waals surface area contributed by atoms with E-state index in [-0.39, 0.29) is 18.0 Å². The number of nitrogens with one attached hydrogen (secondary N) is 1. The summed E-state index contributed by atoms with van der Waals surface area (Å²) in [4.78, 5) is 24.2. The summed E-state index contributed by atoms with van der Waals surface area (Å²) in [6.45, 7) is 5.61. The number of amides is 1. The van der Waals surface area contributed by atoms with Gasteiger partial charge >= 0.3 is 5.69 Å². The van der Waals surface area contributed by atoms with E-state index < -0.39 is 5.69 Å². The summed E-state index contributed by atoms with van der Waals surface area (Å²) in [5.41, 5.74) is -0.424. The second-order valence-electron chi connectivity index (χ2n) is 5.57. The molecule has 0 atom stereocenters. The largest absolute Gasteiger partial charge is 0.369 e. The number of rotatable bonds is 5. The van der Waals surface area contributed by atoms with Crippen molar-refractivity contribution >= 4 is 17.5 Å². The van der Waals surface area contributed by atoms with Gasteiger partial charge in [0, 0.05) is 5.54 Å². The van der Waals surface area contributed by atoms with E-state index in [1.54, 1.807) is 24.3 Å². The Morgan fingerprint density at radius 2 is 2.00 bits per heavy atom. The lowest BCUT2D eigenvalue weighted by Crippen LogP contribution is -2.45. The van der Waals surface area contributed by atoms with E-state index in [4.69, 9.17) is 11.6 Å². The number of tetrazole rings is 1. The van der Waals surface area contributed by atoms with Crippen molar-refractivity contribution < 1.29 is 4.79 Å². The number of carbonyl (C=O) groups is 1. The Morgan fingerprint density at radius 1 is 1.32 bits per heavy atom. The maximum atomic E-state index is 12.3. The average Bonchev–Trinajstić information content (AvgIpc) is 2.80. The zero-order valence-electron chi connectivity index (χ0n) is 12.7. The normalized spacial score (nSPS) is 11.5. The summed E-state index contributed by atoms with van der Waals surface area (Å²) in [7, 11) is 0. The van der Waals surface area contributed by atoms with E-state index in [1.807, 2.05) is 20.8 Å². The molecule has 8 heteroatoms. The van der Waals surface area contributed by atoms with Gasteiger partial charge in [-0.2, -0.15) is 9.36 Å². The number of hydrogen-bond donors (Lipinski definition) is 1. The standard InChI is InChI=1S/C14H18ClN5O2/c1-4-14(2,3)16-12(21)9-19-13(22)20(18-17-19)11-8-6-5-7-10(11)15/h5-8H,4,9H2,1-3H3,(H,16,21). The molecule has 22 heavy (non-hydrogen) atoms. The molecule has 1 aromatic heterocycles. The first-order chi connectivity index (χ1) is 10.3. The summed E-state index contributed by atoms with van der Waals surface area (Å²) < 4.78 is 2.07. The van der Waals surface area contributed by atoms with E-state index >= 15 is 0 Å². The summed E-state index contributed by atoms with van der Waals surface area (Å²) in [6.07, 6.45) is 0.778. The van der Waals surface area contributed by atoms with Gasteiger partial charge in [0.05, 0.1) is 10.7 Å². The molecule has 0 aliphatic heterocycles. The lowest BCUT2D eigenvalue weighted by atomic mass is 10.0. The Kier molecular flexibility index (Phi) is 4.65. The highest BCUT2D eigenvalue weighted by molar-refractivity contribution is 6.32. The van der Waals surface area contributed by atoms with Crippen LogP contribution in [-0.2, 0) is 11.3 Å². The number of halogens is 1. The van der Waals surface area contributed by atoms with Gasteiger partial charge in [-0.05, 0) is 42.8 Å². The van der Waals surface area contributed by atoms with Gasteiger partial charge < -0.3 is 5.32 Å². The third-order valence-corrected chi connectivity index (χ3v) is 3.69. The van der Waals surface area contributed by atoms with Gasteiger partial charge in [0.25, 0.3) is 0 Å². The number of benzene rings is 1. The lowest BCUT2D eigenvalue weighted by Gasteiger charge is -2.24. The average molecular weight is 324 g/mol. The highest BCUT2D eigenvalue weighted by Crippen LogP contribution is 2.16. The molecule has 1 amide bonds. The van der Waals surface area contributed by atoms with Crippen LogP contribution in [0, 0.1) is 0 Å². The molecule has 0 radical (unpaired) electrons. The molecule has 0 saturated heterocycles. The highest BCUT2D eigenvalue weighted by Gasteiger charge is 2.20. The second kappa shape index (κ2) is 6.31. The van der Waals surface area contributed by atoms with Crippen molar-refractivity contribution in [3.8, 4) is 5.69 Å². The van der Waals surface area contributed by atoms with Crippen molar-refractivity contribution in [3.05, 3.63) is 39.8 Å². The Morgan fingerprint density at radius 3 is 2.64 bits per heavy atom. The van der Waals surface area contributed by atoms with Crippen molar-refractivity contribution in [1.29, 1.82) is 0 Å². The smallest absolute Gasteiger partial charge is 0.350 e. The van der Waals surface area contributed by atoms with E-state index in [0.29, 0.717) is 10.7 Å². The van der Waals surface area contributed by atoms with Crippen molar-refractivity contribution in [2.45, 2.75) is 39.3 Å². The van der Waals surface area contributed by atoms with Crippen LogP contribution in [0.3, 0.4) is 0 Å². The Labute approximate surface area is 132 Å². The fourth-order valence-corrected chi connectivity index (χ4v) is 2.01. The number of hydrogen-bond acceptors (Lipinski definition) is 4. The maximum absolute atomic E-state index is 12.3. The van der Waals surface area contributed by atoms with Crippen LogP contribution >= 0.6 is 11.6 Å². The molecule has 0 aliphatic rings. The Hall–Kier alpha value is -2.15. The lowest BCUT2D eigenvalue weighted by molar-refractivity contribution is -0.123. The van der Waals surface area contributed by atoms with Gasteiger partial charge in [0.1, 0.15) is 6.54 Å². The predicted molar refractivity (Wildman–Crippen MR) is 83.1 cm³/mol. The number of nitrogens with zero attached hydrogens (tertiary/aromatic N) is 4. The van der Waals surface area contributed by atoms with Crippen molar-refractivity contribution in [2.75, 3.05) is 0 Å². The summed E-state index contributed by atoms with van der Waals surface area (Å²) >= 11 is 6.04. The third kappa shape index (κ3) is 3.54. The van der Waals surface area contributed by atoms with Crippen LogP contribution in [0.5, 0.6) is 0 Å². The van der Waals surface area contributed by atoms with Crippen LogP contribution in [0.25, 0.3) is 5.69 Å². The van der Waals surface area contributed by atoms with Gasteiger partial charge in [-0.3, -0.25) is 4.79 Å². The monoisotopic (exact) mass is 323 g/mol. The first kappa shape index (κ1) is 16.2. The highest BCUT2D eigenvalue weighted by atomic mass is 35.5. The molecule has 1 heterocycles. The van der Waals surface area contributed by atoms with Gasteiger partial charge in [-0.15, -0.1) is 0 Å². The molecule has 2 aromatic rings. The Bertz CT molecular complexity index is 735. The topological polar surface area (TPSA) is 81.8 Å². The van der Waals surface area contributed by atoms with E-state index in [1.165, 1.54) is 0 Å². The number of aromatic nitrogens is 4. The molecule has 1 N–H and O–H groups in total. The van der Waals surface area contributed by atoms with Crippen LogP contribution in [0.4, 0.5) is 0 Å². The second-order valence-corrected chi connectivity index (χ2v) is 5.98. The fourth-order valence-electron chi connectivity index (χ4n) is 1.79. The molecule has 1 aromatic carbocycles. The molecule has 7 nitrogen and oxygen atoms in total. The SMILES string of the molecule is CCC(C)(C)NC(=O)Cn1nnn(-c2ccccc2Cl)c1=O. The molecular formula is C14H18ClN5O2. The van der Waals surface area contributed by atoms with Gasteiger partial charge in [0.2, 0.25) is 5.91 Å². The quantitative estimate of drug-likeness (QED) is 0.901. The molecule has 2 rings (SSSR count). The number of carbonyl (C=O) groups excluding carboxylic acids is 1. The molecular weight excluding hydrogens is 306 g/mol. The molecule has 0 spiro atoms. The molecule has 0 fully saturated rings. The maximum Gasteiger partial charge on any atom is 0.369 e. The zero-order valence-corrected chi connectivity index (χ0v) is 13.5. The minimum absolute atomic E-state index is 0.188. The molecule has 0 unspecified atom stereocenters. The third-order valence-electron chi connectivity index (χ3n) is 3.38. The summed E-state index contributed by atoms with van der Waals surface area (Å²) in [5.74, 6) is -0.292. The number of para-hydroxylation sites is 1. The van der Waals surface area contributed by atoms with Crippen molar-refractivity contribution in [3.63, 3.8) is 0 Å². The predicted octanol–water partition coefficient (Wildman–Crippen LogP) is 1.39. The fraction of sp³-hybridized carbons (Fsp3) is 0.429. The van der Waals surface area contributed by atoms with Crippen LogP contribution in [0.1, 0.15) is 27.2 Å². The van der Waals surface area contributed by atoms with Gasteiger partial charge in [-0.25, -0.2) is 4.79 Å². The van der Waals surface area contributed by atoms with Crippen LogP contribution in [-0.4, -0.2) is 31.2 Å². The molecule has 118 valence electrons. The Balaban J connectivity index is 2.21. The van der Waals surface area contributed by atoms with Crippen molar-refractivity contribution in [2.24, 2.45) is 0 Å². The van der Waals surface area contributed by atoms with Crippen molar-refractivity contribution in [1.82, 2.24) is 25.1 Å². The summed E-state index contributed by atoms with van der Waals surface area (Å²) in [5, 5.41) is 10.7. The summed E-state index contributed by atoms with van der Waals surface area (Å²) in [6, 6.07) is 6.80. The zero-order chi connectivity index (χ0) is 16.3. The van der Waals surface area contributed by atoms with E-state index in [0.717, 1.165) is 15.8 Å². The molecule has 0 saturated carbocycles. The van der Waals surface area contributed by atoms with Gasteiger partial charge in [-0.1, -0.05) is 30.7 Å².